The molecule has 4 aromatic rings. The quantitative estimate of drug-likeness (QED) is 0.474. The fraction of sp³-hybridized carbons (Fsp3) is 0.0833. The van der Waals surface area contributed by atoms with E-state index in [2.05, 4.69) is 16.0 Å². The minimum absolute atomic E-state index is 0.463. The molecule has 4 rings (SSSR count). The average Bonchev–Trinajstić information content (AvgIpc) is 3.15. The van der Waals surface area contributed by atoms with Crippen molar-refractivity contribution >= 4 is 22.7 Å². The molecular weight excluding hydrogens is 346 g/mol. The number of ether oxygens (including phenoxy) is 1. The normalized spacial score (nSPS) is 11.4. The van der Waals surface area contributed by atoms with Crippen molar-refractivity contribution in [1.82, 2.24) is 9.97 Å². The minimum atomic E-state index is 0.463. The molecule has 4 nitrogen and oxygen atoms in total. The van der Waals surface area contributed by atoms with Crippen LogP contribution in [0.1, 0.15) is 22.5 Å². The smallest absolute Gasteiger partial charge is 0.149 e. The first-order valence-corrected chi connectivity index (χ1v) is 9.07. The molecule has 0 radical (unpaired) electrons. The van der Waals surface area contributed by atoms with Crippen molar-refractivity contribution in [3.05, 3.63) is 95.3 Å². The molecule has 0 bridgehead atoms. The van der Waals surface area contributed by atoms with Gasteiger partial charge in [0.25, 0.3) is 0 Å². The van der Waals surface area contributed by atoms with E-state index in [-0.39, 0.29) is 0 Å². The van der Waals surface area contributed by atoms with Crippen LogP contribution in [0.5, 0.6) is 5.75 Å². The molecule has 0 saturated heterocycles. The number of benzene rings is 3. The van der Waals surface area contributed by atoms with Gasteiger partial charge < -0.3 is 9.72 Å². The number of hydrogen-bond acceptors (Lipinski definition) is 3. The molecule has 0 spiro atoms. The van der Waals surface area contributed by atoms with E-state index in [0.717, 1.165) is 33.5 Å². The van der Waals surface area contributed by atoms with Gasteiger partial charge in [-0.1, -0.05) is 54.6 Å². The number of hydrogen-bond donors (Lipinski definition) is 1. The third kappa shape index (κ3) is 3.79. The molecule has 0 unspecified atom stereocenters. The van der Waals surface area contributed by atoms with Crippen molar-refractivity contribution in [1.29, 1.82) is 5.26 Å². The molecule has 0 aliphatic carbocycles. The monoisotopic (exact) mass is 365 g/mol. The number of imidazole rings is 1. The molecule has 3 aromatic carbocycles. The molecule has 1 heterocycles. The van der Waals surface area contributed by atoms with Gasteiger partial charge in [-0.25, -0.2) is 4.98 Å². The van der Waals surface area contributed by atoms with Crippen LogP contribution >= 0.6 is 0 Å². The van der Waals surface area contributed by atoms with Crippen LogP contribution in [0.4, 0.5) is 0 Å². The summed E-state index contributed by atoms with van der Waals surface area (Å²) < 4.78 is 5.99. The Bertz CT molecular complexity index is 1180. The zero-order valence-corrected chi connectivity index (χ0v) is 15.5. The third-order valence-corrected chi connectivity index (χ3v) is 4.47. The maximum Gasteiger partial charge on any atom is 0.149 e. The fourth-order valence-electron chi connectivity index (χ4n) is 3.03. The first kappa shape index (κ1) is 17.6. The van der Waals surface area contributed by atoms with Crippen LogP contribution in [0.2, 0.25) is 0 Å². The maximum atomic E-state index is 9.70. The van der Waals surface area contributed by atoms with Crippen molar-refractivity contribution in [2.45, 2.75) is 13.5 Å². The van der Waals surface area contributed by atoms with Gasteiger partial charge in [-0.15, -0.1) is 0 Å². The number of aromatic nitrogens is 2. The average molecular weight is 365 g/mol. The Balaban J connectivity index is 1.65. The molecule has 1 N–H and O–H groups in total. The van der Waals surface area contributed by atoms with E-state index in [9.17, 15) is 5.26 Å². The molecular formula is C24H19N3O. The molecule has 0 fully saturated rings. The molecule has 0 amide bonds. The molecule has 1 aromatic heterocycles. The Morgan fingerprint density at radius 3 is 2.68 bits per heavy atom. The van der Waals surface area contributed by atoms with Gasteiger partial charge >= 0.3 is 0 Å². The van der Waals surface area contributed by atoms with Gasteiger partial charge in [0.1, 0.15) is 24.3 Å². The van der Waals surface area contributed by atoms with Gasteiger partial charge in [-0.2, -0.15) is 5.26 Å². The van der Waals surface area contributed by atoms with Gasteiger partial charge in [0.15, 0.2) is 0 Å². The summed E-state index contributed by atoms with van der Waals surface area (Å²) in [4.78, 5) is 7.80. The lowest BCUT2D eigenvalue weighted by Crippen LogP contribution is -1.97. The van der Waals surface area contributed by atoms with Crippen LogP contribution in [0, 0.1) is 18.3 Å². The van der Waals surface area contributed by atoms with Crippen LogP contribution < -0.4 is 4.74 Å². The van der Waals surface area contributed by atoms with E-state index in [4.69, 9.17) is 4.74 Å². The number of allylic oxidation sites excluding steroid dienone is 1. The maximum absolute atomic E-state index is 9.70. The summed E-state index contributed by atoms with van der Waals surface area (Å²) in [5, 5.41) is 9.70. The summed E-state index contributed by atoms with van der Waals surface area (Å²) in [6.45, 7) is 2.50. The minimum Gasteiger partial charge on any atom is -0.488 e. The Morgan fingerprint density at radius 1 is 1.07 bits per heavy atom. The predicted octanol–water partition coefficient (Wildman–Crippen LogP) is 5.51. The molecule has 28 heavy (non-hydrogen) atoms. The van der Waals surface area contributed by atoms with Crippen LogP contribution in [0.3, 0.4) is 0 Å². The standard InChI is InChI=1S/C24H19N3O/c1-17-11-12-21-22(13-17)27-24(26-21)20(15-25)14-19-9-5-6-10-23(19)28-16-18-7-3-2-4-8-18/h2-14H,16H2,1H3,(H,26,27). The number of nitrogens with one attached hydrogen (secondary N) is 1. The van der Waals surface area contributed by atoms with Crippen LogP contribution in [0.15, 0.2) is 72.8 Å². The lowest BCUT2D eigenvalue weighted by Gasteiger charge is -2.09. The van der Waals surface area contributed by atoms with E-state index < -0.39 is 0 Å². The highest BCUT2D eigenvalue weighted by Gasteiger charge is 2.10. The Morgan fingerprint density at radius 2 is 1.86 bits per heavy atom. The number of rotatable bonds is 5. The molecule has 0 aliphatic rings. The number of para-hydroxylation sites is 1. The highest BCUT2D eigenvalue weighted by molar-refractivity contribution is 5.91. The van der Waals surface area contributed by atoms with E-state index >= 15 is 0 Å². The van der Waals surface area contributed by atoms with Gasteiger partial charge in [0.05, 0.1) is 16.6 Å². The number of nitrogens with zero attached hydrogens (tertiary/aromatic N) is 2. The molecule has 0 saturated carbocycles. The van der Waals surface area contributed by atoms with Crippen LogP contribution in [0.25, 0.3) is 22.7 Å². The van der Waals surface area contributed by atoms with Gasteiger partial charge in [-0.3, -0.25) is 0 Å². The zero-order chi connectivity index (χ0) is 19.3. The topological polar surface area (TPSA) is 61.7 Å². The van der Waals surface area contributed by atoms with Crippen molar-refractivity contribution in [2.75, 3.05) is 0 Å². The van der Waals surface area contributed by atoms with E-state index in [1.54, 1.807) is 0 Å². The third-order valence-electron chi connectivity index (χ3n) is 4.47. The SMILES string of the molecule is Cc1ccc2nc(C(C#N)=Cc3ccccc3OCc3ccccc3)[nH]c2c1. The summed E-state index contributed by atoms with van der Waals surface area (Å²) in [6, 6.07) is 25.9. The molecule has 136 valence electrons. The van der Waals surface area contributed by atoms with E-state index in [1.807, 2.05) is 85.8 Å². The number of aromatic amines is 1. The zero-order valence-electron chi connectivity index (χ0n) is 15.5. The van der Waals surface area contributed by atoms with Crippen LogP contribution in [-0.4, -0.2) is 9.97 Å². The number of aryl methyl sites for hydroxylation is 1. The van der Waals surface area contributed by atoms with Gasteiger partial charge in [0.2, 0.25) is 0 Å². The first-order chi connectivity index (χ1) is 13.7. The Labute approximate surface area is 163 Å². The second-order valence-corrected chi connectivity index (χ2v) is 6.59. The Kier molecular flexibility index (Phi) is 4.90. The summed E-state index contributed by atoms with van der Waals surface area (Å²) in [5.41, 5.74) is 5.30. The first-order valence-electron chi connectivity index (χ1n) is 9.07. The van der Waals surface area contributed by atoms with Crippen molar-refractivity contribution in [3.8, 4) is 11.8 Å². The van der Waals surface area contributed by atoms with Gasteiger partial charge in [0, 0.05) is 5.56 Å². The van der Waals surface area contributed by atoms with Crippen molar-refractivity contribution in [2.24, 2.45) is 0 Å². The summed E-state index contributed by atoms with van der Waals surface area (Å²) in [7, 11) is 0. The highest BCUT2D eigenvalue weighted by Crippen LogP contribution is 2.25. The lowest BCUT2D eigenvalue weighted by molar-refractivity contribution is 0.305. The molecule has 0 atom stereocenters. The van der Waals surface area contributed by atoms with Crippen molar-refractivity contribution < 1.29 is 4.74 Å². The fourth-order valence-corrected chi connectivity index (χ4v) is 3.03. The molecule has 4 heteroatoms. The number of nitriles is 1. The van der Waals surface area contributed by atoms with Gasteiger partial charge in [-0.05, 0) is 42.3 Å². The summed E-state index contributed by atoms with van der Waals surface area (Å²) >= 11 is 0. The second-order valence-electron chi connectivity index (χ2n) is 6.59. The van der Waals surface area contributed by atoms with E-state index in [1.165, 1.54) is 0 Å². The highest BCUT2D eigenvalue weighted by atomic mass is 16.5. The van der Waals surface area contributed by atoms with E-state index in [0.29, 0.717) is 18.0 Å². The summed E-state index contributed by atoms with van der Waals surface area (Å²) in [5.74, 6) is 1.28. The Hall–Kier alpha value is -3.84. The lowest BCUT2D eigenvalue weighted by atomic mass is 10.1. The molecule has 0 aliphatic heterocycles. The summed E-state index contributed by atoms with van der Waals surface area (Å²) in [6.07, 6.45) is 1.81. The largest absolute Gasteiger partial charge is 0.488 e. The number of fused-ring (bicyclic) bond motifs is 1. The predicted molar refractivity (Wildman–Crippen MR) is 112 cm³/mol. The second kappa shape index (κ2) is 7.81. The number of H-pyrrole nitrogens is 1. The van der Waals surface area contributed by atoms with Crippen LogP contribution in [-0.2, 0) is 6.61 Å². The van der Waals surface area contributed by atoms with Crippen molar-refractivity contribution in [3.63, 3.8) is 0 Å².